The molecule has 0 aromatic carbocycles. The topological polar surface area (TPSA) is 46.1 Å². The summed E-state index contributed by atoms with van der Waals surface area (Å²) < 4.78 is 0. The highest BCUT2D eigenvalue weighted by atomic mass is 16.2. The van der Waals surface area contributed by atoms with Gasteiger partial charge >= 0.3 is 0 Å². The Morgan fingerprint density at radius 3 is 2.00 bits per heavy atom. The van der Waals surface area contributed by atoms with E-state index in [1.807, 2.05) is 38.1 Å². The lowest BCUT2D eigenvalue weighted by molar-refractivity contribution is -0.118. The molecule has 2 aromatic rings. The van der Waals surface area contributed by atoms with E-state index >= 15 is 0 Å². The number of amides is 1. The fraction of sp³-hybridized carbons (Fsp3) is 0.267. The molecule has 0 atom stereocenters. The van der Waals surface area contributed by atoms with Crippen molar-refractivity contribution < 1.29 is 4.79 Å². The minimum Gasteiger partial charge on any atom is -0.278 e. The summed E-state index contributed by atoms with van der Waals surface area (Å²) in [4.78, 5) is 22.2. The van der Waals surface area contributed by atoms with Gasteiger partial charge in [-0.3, -0.25) is 19.7 Å². The van der Waals surface area contributed by atoms with Gasteiger partial charge in [0, 0.05) is 18.8 Å². The fourth-order valence-corrected chi connectivity index (χ4v) is 1.85. The Labute approximate surface area is 113 Å². The zero-order chi connectivity index (χ0) is 13.7. The van der Waals surface area contributed by atoms with Crippen molar-refractivity contribution in [3.63, 3.8) is 0 Å². The molecule has 0 unspecified atom stereocenters. The quantitative estimate of drug-likeness (QED) is 0.842. The first kappa shape index (κ1) is 13.2. The summed E-state index contributed by atoms with van der Waals surface area (Å²) in [6.45, 7) is 4.06. The molecular weight excluding hydrogens is 238 g/mol. The average molecular weight is 255 g/mol. The number of rotatable bonds is 4. The largest absolute Gasteiger partial charge is 0.278 e. The monoisotopic (exact) mass is 255 g/mol. The lowest BCUT2D eigenvalue weighted by Crippen LogP contribution is -2.27. The highest BCUT2D eigenvalue weighted by Crippen LogP contribution is 2.25. The van der Waals surface area contributed by atoms with E-state index in [0.29, 0.717) is 12.3 Å². The number of nitrogens with zero attached hydrogens (tertiary/aromatic N) is 3. The number of carbonyl (C=O) groups excluding carboxylic acids is 1. The molecule has 4 heteroatoms. The van der Waals surface area contributed by atoms with E-state index in [0.717, 1.165) is 11.4 Å². The second-order valence-corrected chi connectivity index (χ2v) is 4.75. The number of anilines is 2. The van der Waals surface area contributed by atoms with Crippen molar-refractivity contribution >= 4 is 17.3 Å². The highest BCUT2D eigenvalue weighted by Gasteiger charge is 2.19. The Hall–Kier alpha value is -2.23. The van der Waals surface area contributed by atoms with Gasteiger partial charge in [-0.1, -0.05) is 13.8 Å². The summed E-state index contributed by atoms with van der Waals surface area (Å²) in [5.41, 5.74) is 1.53. The maximum Gasteiger partial charge on any atom is 0.231 e. The smallest absolute Gasteiger partial charge is 0.231 e. The van der Waals surface area contributed by atoms with Crippen molar-refractivity contribution in [2.45, 2.75) is 20.3 Å². The average Bonchev–Trinajstić information content (AvgIpc) is 2.40. The van der Waals surface area contributed by atoms with E-state index in [9.17, 15) is 4.79 Å². The Morgan fingerprint density at radius 1 is 1.11 bits per heavy atom. The molecule has 0 aliphatic carbocycles. The molecule has 2 aromatic heterocycles. The third kappa shape index (κ3) is 3.37. The number of hydrogen-bond acceptors (Lipinski definition) is 3. The maximum absolute atomic E-state index is 12.4. The van der Waals surface area contributed by atoms with E-state index in [2.05, 4.69) is 9.97 Å². The van der Waals surface area contributed by atoms with Gasteiger partial charge in [0.25, 0.3) is 0 Å². The number of pyridine rings is 2. The highest BCUT2D eigenvalue weighted by molar-refractivity contribution is 6.00. The Kier molecular flexibility index (Phi) is 4.23. The molecule has 0 spiro atoms. The van der Waals surface area contributed by atoms with Gasteiger partial charge in [0.15, 0.2) is 0 Å². The van der Waals surface area contributed by atoms with E-state index in [1.54, 1.807) is 29.7 Å². The van der Waals surface area contributed by atoms with Crippen LogP contribution in [0.1, 0.15) is 20.3 Å². The van der Waals surface area contributed by atoms with Gasteiger partial charge in [-0.05, 0) is 30.2 Å². The SMILES string of the molecule is CC(C)CC(=O)N(c1cccnc1)c1cccnc1. The normalized spacial score (nSPS) is 10.5. The van der Waals surface area contributed by atoms with Crippen LogP contribution in [0.15, 0.2) is 49.1 Å². The summed E-state index contributed by atoms with van der Waals surface area (Å²) in [7, 11) is 0. The zero-order valence-electron chi connectivity index (χ0n) is 11.2. The summed E-state index contributed by atoms with van der Waals surface area (Å²) in [5.74, 6) is 0.361. The Bertz CT molecular complexity index is 486. The third-order valence-electron chi connectivity index (χ3n) is 2.64. The molecule has 2 heterocycles. The van der Waals surface area contributed by atoms with Crippen LogP contribution in [0.5, 0.6) is 0 Å². The summed E-state index contributed by atoms with van der Waals surface area (Å²) in [6.07, 6.45) is 7.25. The number of carbonyl (C=O) groups is 1. The van der Waals surface area contributed by atoms with E-state index in [4.69, 9.17) is 0 Å². The van der Waals surface area contributed by atoms with Crippen LogP contribution in [0.3, 0.4) is 0 Å². The molecule has 1 amide bonds. The van der Waals surface area contributed by atoms with Crippen LogP contribution in [0.25, 0.3) is 0 Å². The van der Waals surface area contributed by atoms with E-state index < -0.39 is 0 Å². The van der Waals surface area contributed by atoms with Crippen molar-refractivity contribution in [3.05, 3.63) is 49.1 Å². The van der Waals surface area contributed by atoms with Gasteiger partial charge in [0.05, 0.1) is 23.8 Å². The second kappa shape index (κ2) is 6.09. The fourth-order valence-electron chi connectivity index (χ4n) is 1.85. The molecule has 0 aliphatic rings. The Morgan fingerprint density at radius 2 is 1.63 bits per heavy atom. The minimum absolute atomic E-state index is 0.0519. The van der Waals surface area contributed by atoms with Crippen molar-refractivity contribution in [3.8, 4) is 0 Å². The minimum atomic E-state index is 0.0519. The van der Waals surface area contributed by atoms with Crippen LogP contribution in [0.4, 0.5) is 11.4 Å². The van der Waals surface area contributed by atoms with Gasteiger partial charge in [0.1, 0.15) is 0 Å². The van der Waals surface area contributed by atoms with Gasteiger partial charge in [-0.2, -0.15) is 0 Å². The molecule has 0 bridgehead atoms. The first-order chi connectivity index (χ1) is 9.18. The van der Waals surface area contributed by atoms with Crippen molar-refractivity contribution in [2.75, 3.05) is 4.90 Å². The van der Waals surface area contributed by atoms with Crippen molar-refractivity contribution in [1.29, 1.82) is 0 Å². The van der Waals surface area contributed by atoms with Crippen LogP contribution in [0.2, 0.25) is 0 Å². The standard InChI is InChI=1S/C15H17N3O/c1-12(2)9-15(19)18(13-5-3-7-16-10-13)14-6-4-8-17-11-14/h3-8,10-12H,9H2,1-2H3. The molecule has 19 heavy (non-hydrogen) atoms. The van der Waals surface area contributed by atoms with Crippen LogP contribution >= 0.6 is 0 Å². The van der Waals surface area contributed by atoms with Gasteiger partial charge in [-0.25, -0.2) is 0 Å². The molecule has 0 saturated heterocycles. The van der Waals surface area contributed by atoms with Crippen LogP contribution in [0, 0.1) is 5.92 Å². The molecule has 0 fully saturated rings. The number of aromatic nitrogens is 2. The summed E-state index contributed by atoms with van der Waals surface area (Å²) in [6, 6.07) is 7.39. The van der Waals surface area contributed by atoms with E-state index in [-0.39, 0.29) is 5.91 Å². The first-order valence-corrected chi connectivity index (χ1v) is 6.31. The van der Waals surface area contributed by atoms with Gasteiger partial charge < -0.3 is 0 Å². The van der Waals surface area contributed by atoms with Crippen LogP contribution in [-0.2, 0) is 4.79 Å². The van der Waals surface area contributed by atoms with Crippen molar-refractivity contribution in [1.82, 2.24) is 9.97 Å². The lowest BCUT2D eigenvalue weighted by Gasteiger charge is -2.23. The summed E-state index contributed by atoms with van der Waals surface area (Å²) in [5, 5.41) is 0. The van der Waals surface area contributed by atoms with Crippen LogP contribution < -0.4 is 4.90 Å². The molecular formula is C15H17N3O. The van der Waals surface area contributed by atoms with Gasteiger partial charge in [-0.15, -0.1) is 0 Å². The molecule has 0 aliphatic heterocycles. The third-order valence-corrected chi connectivity index (χ3v) is 2.64. The van der Waals surface area contributed by atoms with Gasteiger partial charge in [0.2, 0.25) is 5.91 Å². The zero-order valence-corrected chi connectivity index (χ0v) is 11.2. The number of hydrogen-bond donors (Lipinski definition) is 0. The predicted octanol–water partition coefficient (Wildman–Crippen LogP) is 3.19. The molecule has 98 valence electrons. The van der Waals surface area contributed by atoms with E-state index in [1.165, 1.54) is 0 Å². The summed E-state index contributed by atoms with van der Waals surface area (Å²) >= 11 is 0. The lowest BCUT2D eigenvalue weighted by atomic mass is 10.1. The molecule has 0 saturated carbocycles. The molecule has 0 N–H and O–H groups in total. The van der Waals surface area contributed by atoms with Crippen LogP contribution in [-0.4, -0.2) is 15.9 Å². The molecule has 4 nitrogen and oxygen atoms in total. The first-order valence-electron chi connectivity index (χ1n) is 6.31. The molecule has 0 radical (unpaired) electrons. The second-order valence-electron chi connectivity index (χ2n) is 4.75. The maximum atomic E-state index is 12.4. The predicted molar refractivity (Wildman–Crippen MR) is 75.1 cm³/mol. The Balaban J connectivity index is 2.37. The molecule has 2 rings (SSSR count). The van der Waals surface area contributed by atoms with Crippen molar-refractivity contribution in [2.24, 2.45) is 5.92 Å².